The maximum atomic E-state index is 12.2. The summed E-state index contributed by atoms with van der Waals surface area (Å²) in [5, 5.41) is 0. The van der Waals surface area contributed by atoms with Crippen LogP contribution in [0.15, 0.2) is 23.1 Å². The molecule has 0 fully saturated rings. The fourth-order valence-electron chi connectivity index (χ4n) is 1.67. The van der Waals surface area contributed by atoms with Gasteiger partial charge in [-0.1, -0.05) is 18.6 Å². The van der Waals surface area contributed by atoms with E-state index in [4.69, 9.17) is 10.7 Å². The smallest absolute Gasteiger partial charge is 0.262 e. The average molecular weight is 290 g/mol. The third kappa shape index (κ3) is 3.46. The molecule has 0 saturated carbocycles. The van der Waals surface area contributed by atoms with E-state index < -0.39 is 9.05 Å². The SMILES string of the molecule is CCCN(C)C(=O)c1cc(C)ccc1S(=O)(=O)Cl. The predicted molar refractivity (Wildman–Crippen MR) is 71.5 cm³/mol. The number of carbonyl (C=O) groups is 1. The van der Waals surface area contributed by atoms with Gasteiger partial charge in [-0.25, -0.2) is 8.42 Å². The van der Waals surface area contributed by atoms with Crippen LogP contribution in [-0.2, 0) is 9.05 Å². The minimum absolute atomic E-state index is 0.126. The number of hydrogen-bond donors (Lipinski definition) is 0. The van der Waals surface area contributed by atoms with Gasteiger partial charge in [0.1, 0.15) is 0 Å². The van der Waals surface area contributed by atoms with Gasteiger partial charge >= 0.3 is 0 Å². The summed E-state index contributed by atoms with van der Waals surface area (Å²) >= 11 is 0. The Labute approximate surface area is 112 Å². The first-order valence-corrected chi connectivity index (χ1v) is 7.89. The molecule has 0 N–H and O–H groups in total. The van der Waals surface area contributed by atoms with Crippen molar-refractivity contribution >= 4 is 25.6 Å². The molecule has 4 nitrogen and oxygen atoms in total. The highest BCUT2D eigenvalue weighted by Gasteiger charge is 2.22. The van der Waals surface area contributed by atoms with Gasteiger partial charge in [-0.05, 0) is 25.5 Å². The van der Waals surface area contributed by atoms with E-state index in [0.717, 1.165) is 12.0 Å². The summed E-state index contributed by atoms with van der Waals surface area (Å²) in [5.41, 5.74) is 0.938. The van der Waals surface area contributed by atoms with Gasteiger partial charge in [0, 0.05) is 24.3 Å². The Morgan fingerprint density at radius 3 is 2.50 bits per heavy atom. The second-order valence-corrected chi connectivity index (χ2v) is 6.70. The normalized spacial score (nSPS) is 11.3. The van der Waals surface area contributed by atoms with Crippen LogP contribution in [0, 0.1) is 6.92 Å². The maximum absolute atomic E-state index is 12.2. The average Bonchev–Trinajstić information content (AvgIpc) is 2.26. The van der Waals surface area contributed by atoms with Crippen LogP contribution in [-0.4, -0.2) is 32.8 Å². The van der Waals surface area contributed by atoms with Crippen molar-refractivity contribution in [2.45, 2.75) is 25.2 Å². The van der Waals surface area contributed by atoms with Crippen molar-refractivity contribution in [3.8, 4) is 0 Å². The van der Waals surface area contributed by atoms with Gasteiger partial charge in [0.05, 0.1) is 10.5 Å². The Balaban J connectivity index is 3.30. The first-order chi connectivity index (χ1) is 8.27. The summed E-state index contributed by atoms with van der Waals surface area (Å²) in [6.45, 7) is 4.30. The molecule has 0 bridgehead atoms. The molecule has 0 saturated heterocycles. The lowest BCUT2D eigenvalue weighted by Crippen LogP contribution is -2.28. The number of benzene rings is 1. The molecule has 0 aromatic heterocycles. The quantitative estimate of drug-likeness (QED) is 0.800. The predicted octanol–water partition coefficient (Wildman–Crippen LogP) is 2.40. The molecule has 0 heterocycles. The van der Waals surface area contributed by atoms with E-state index in [1.807, 2.05) is 6.92 Å². The minimum Gasteiger partial charge on any atom is -0.342 e. The van der Waals surface area contributed by atoms with Crippen LogP contribution in [0.5, 0.6) is 0 Å². The molecule has 18 heavy (non-hydrogen) atoms. The summed E-state index contributed by atoms with van der Waals surface area (Å²) in [4.78, 5) is 13.5. The molecule has 0 aliphatic rings. The molecule has 0 aliphatic heterocycles. The lowest BCUT2D eigenvalue weighted by Gasteiger charge is -2.17. The Kier molecular flexibility index (Phi) is 4.76. The molecule has 1 rings (SSSR count). The molecule has 1 aromatic rings. The van der Waals surface area contributed by atoms with Crippen molar-refractivity contribution in [1.29, 1.82) is 0 Å². The van der Waals surface area contributed by atoms with E-state index >= 15 is 0 Å². The van der Waals surface area contributed by atoms with Gasteiger partial charge in [0.15, 0.2) is 0 Å². The van der Waals surface area contributed by atoms with Crippen molar-refractivity contribution in [3.63, 3.8) is 0 Å². The van der Waals surface area contributed by atoms with Crippen molar-refractivity contribution in [2.24, 2.45) is 0 Å². The van der Waals surface area contributed by atoms with Crippen molar-refractivity contribution in [3.05, 3.63) is 29.3 Å². The van der Waals surface area contributed by atoms with E-state index in [1.54, 1.807) is 26.1 Å². The lowest BCUT2D eigenvalue weighted by atomic mass is 10.1. The highest BCUT2D eigenvalue weighted by atomic mass is 35.7. The second kappa shape index (κ2) is 5.71. The highest BCUT2D eigenvalue weighted by Crippen LogP contribution is 2.22. The monoisotopic (exact) mass is 289 g/mol. The molecule has 0 radical (unpaired) electrons. The van der Waals surface area contributed by atoms with Crippen LogP contribution in [0.25, 0.3) is 0 Å². The van der Waals surface area contributed by atoms with Gasteiger partial charge < -0.3 is 4.90 Å². The summed E-state index contributed by atoms with van der Waals surface area (Å²) < 4.78 is 22.9. The van der Waals surface area contributed by atoms with Crippen LogP contribution < -0.4 is 0 Å². The minimum atomic E-state index is -3.92. The molecular formula is C12H16ClNO3S. The van der Waals surface area contributed by atoms with Crippen molar-refractivity contribution in [1.82, 2.24) is 4.90 Å². The molecule has 6 heteroatoms. The zero-order valence-corrected chi connectivity index (χ0v) is 12.2. The molecule has 0 unspecified atom stereocenters. The van der Waals surface area contributed by atoms with Crippen molar-refractivity contribution < 1.29 is 13.2 Å². The summed E-state index contributed by atoms with van der Waals surface area (Å²) in [6.07, 6.45) is 0.803. The van der Waals surface area contributed by atoms with E-state index in [0.29, 0.717) is 6.54 Å². The molecule has 0 spiro atoms. The van der Waals surface area contributed by atoms with Crippen LogP contribution in [0.2, 0.25) is 0 Å². The first kappa shape index (κ1) is 15.0. The summed E-state index contributed by atoms with van der Waals surface area (Å²) in [5.74, 6) is -0.334. The maximum Gasteiger partial charge on any atom is 0.262 e. The number of hydrogen-bond acceptors (Lipinski definition) is 3. The van der Waals surface area contributed by atoms with E-state index in [1.165, 1.54) is 11.0 Å². The van der Waals surface area contributed by atoms with Crippen LogP contribution in [0.3, 0.4) is 0 Å². The Morgan fingerprint density at radius 1 is 1.39 bits per heavy atom. The number of halogens is 1. The fraction of sp³-hybridized carbons (Fsp3) is 0.417. The summed E-state index contributed by atoms with van der Waals surface area (Å²) in [7, 11) is 3.06. The van der Waals surface area contributed by atoms with Gasteiger partial charge in [-0.15, -0.1) is 0 Å². The molecular weight excluding hydrogens is 274 g/mol. The molecule has 1 amide bonds. The Bertz CT molecular complexity index is 554. The lowest BCUT2D eigenvalue weighted by molar-refractivity contribution is 0.0791. The third-order valence-corrected chi connectivity index (χ3v) is 3.91. The van der Waals surface area contributed by atoms with Crippen LogP contribution in [0.4, 0.5) is 0 Å². The van der Waals surface area contributed by atoms with Gasteiger partial charge in [-0.2, -0.15) is 0 Å². The number of carbonyl (C=O) groups excluding carboxylic acids is 1. The first-order valence-electron chi connectivity index (χ1n) is 5.58. The topological polar surface area (TPSA) is 54.5 Å². The fourth-order valence-corrected chi connectivity index (χ4v) is 2.71. The molecule has 0 aliphatic carbocycles. The van der Waals surface area contributed by atoms with E-state index in [2.05, 4.69) is 0 Å². The van der Waals surface area contributed by atoms with Crippen molar-refractivity contribution in [2.75, 3.05) is 13.6 Å². The Morgan fingerprint density at radius 2 is 2.00 bits per heavy atom. The van der Waals surface area contributed by atoms with E-state index in [-0.39, 0.29) is 16.4 Å². The van der Waals surface area contributed by atoms with Gasteiger partial charge in [0.2, 0.25) is 0 Å². The van der Waals surface area contributed by atoms with Gasteiger partial charge in [0.25, 0.3) is 15.0 Å². The zero-order valence-electron chi connectivity index (χ0n) is 10.6. The van der Waals surface area contributed by atoms with E-state index in [9.17, 15) is 13.2 Å². The zero-order chi connectivity index (χ0) is 13.9. The summed E-state index contributed by atoms with van der Waals surface area (Å²) in [6, 6.07) is 4.53. The number of nitrogens with zero attached hydrogens (tertiary/aromatic N) is 1. The van der Waals surface area contributed by atoms with Crippen LogP contribution in [0.1, 0.15) is 29.3 Å². The number of aryl methyl sites for hydroxylation is 1. The standard InChI is InChI=1S/C12H16ClNO3S/c1-4-7-14(3)12(15)10-8-9(2)5-6-11(10)18(13,16)17/h5-6,8H,4,7H2,1-3H3. The number of amides is 1. The highest BCUT2D eigenvalue weighted by molar-refractivity contribution is 8.13. The molecule has 1 aromatic carbocycles. The third-order valence-electron chi connectivity index (χ3n) is 2.53. The Hall–Kier alpha value is -1.07. The molecule has 100 valence electrons. The second-order valence-electron chi connectivity index (χ2n) is 4.16. The van der Waals surface area contributed by atoms with Crippen LogP contribution >= 0.6 is 10.7 Å². The largest absolute Gasteiger partial charge is 0.342 e. The number of rotatable bonds is 4. The van der Waals surface area contributed by atoms with Gasteiger partial charge in [-0.3, -0.25) is 4.79 Å². The molecule has 0 atom stereocenters.